The van der Waals surface area contributed by atoms with Gasteiger partial charge in [-0.25, -0.2) is 0 Å². The van der Waals surface area contributed by atoms with Gasteiger partial charge in [0.25, 0.3) is 5.89 Å². The van der Waals surface area contributed by atoms with Gasteiger partial charge in [-0.15, -0.1) is 12.4 Å². The molecule has 3 aromatic rings. The predicted molar refractivity (Wildman–Crippen MR) is 92.6 cm³/mol. The first-order valence-electron chi connectivity index (χ1n) is 7.15. The zero-order valence-corrected chi connectivity index (χ0v) is 14.1. The normalized spacial score (nSPS) is 11.1. The lowest BCUT2D eigenvalue weighted by Crippen LogP contribution is -1.95. The number of nitrogens with zero attached hydrogens (tertiary/aromatic N) is 3. The second-order valence-electron chi connectivity index (χ2n) is 4.90. The van der Waals surface area contributed by atoms with Gasteiger partial charge in [0.05, 0.1) is 0 Å². The van der Waals surface area contributed by atoms with Crippen molar-refractivity contribution in [3.05, 3.63) is 65.8 Å². The van der Waals surface area contributed by atoms with Crippen LogP contribution in [0.2, 0.25) is 0 Å². The molecule has 0 fully saturated rings. The van der Waals surface area contributed by atoms with Crippen molar-refractivity contribution >= 4 is 12.4 Å². The summed E-state index contributed by atoms with van der Waals surface area (Å²) in [5.41, 5.74) is 2.72. The Kier molecular flexibility index (Phi) is 6.07. The van der Waals surface area contributed by atoms with E-state index >= 15 is 0 Å². The first kappa shape index (κ1) is 17.7. The summed E-state index contributed by atoms with van der Waals surface area (Å²) in [7, 11) is 1.60. The molecule has 0 aliphatic carbocycles. The van der Waals surface area contributed by atoms with E-state index in [-0.39, 0.29) is 18.5 Å². The molecule has 2 heterocycles. The fourth-order valence-corrected chi connectivity index (χ4v) is 1.90. The molecule has 0 spiro atoms. The predicted octanol–water partition coefficient (Wildman–Crippen LogP) is 3.66. The number of hydrogen-bond acceptors (Lipinski definition) is 5. The van der Waals surface area contributed by atoms with Crippen LogP contribution in [0.3, 0.4) is 0 Å². The molecule has 1 atom stereocenters. The molecule has 0 bridgehead atoms. The van der Waals surface area contributed by atoms with Gasteiger partial charge in [0.1, 0.15) is 6.10 Å². The van der Waals surface area contributed by atoms with Gasteiger partial charge in [0.15, 0.2) is 0 Å². The maximum absolute atomic E-state index is 5.19. The minimum Gasteiger partial charge on any atom is -0.372 e. The fourth-order valence-electron chi connectivity index (χ4n) is 1.90. The largest absolute Gasteiger partial charge is 0.372 e. The summed E-state index contributed by atoms with van der Waals surface area (Å²) >= 11 is 0. The molecule has 0 saturated carbocycles. The van der Waals surface area contributed by atoms with Crippen LogP contribution in [0.5, 0.6) is 0 Å². The van der Waals surface area contributed by atoms with Gasteiger partial charge < -0.3 is 9.26 Å². The molecule has 6 heteroatoms. The van der Waals surface area contributed by atoms with Crippen LogP contribution >= 0.6 is 12.4 Å². The zero-order chi connectivity index (χ0) is 16.1. The molecule has 0 amide bonds. The van der Waals surface area contributed by atoms with Gasteiger partial charge in [-0.2, -0.15) is 4.98 Å². The lowest BCUT2D eigenvalue weighted by molar-refractivity contribution is 0.0886. The third-order valence-electron chi connectivity index (χ3n) is 3.32. The second-order valence-corrected chi connectivity index (χ2v) is 4.90. The van der Waals surface area contributed by atoms with E-state index in [0.29, 0.717) is 11.7 Å². The number of pyridine rings is 1. The van der Waals surface area contributed by atoms with Crippen LogP contribution in [0.4, 0.5) is 0 Å². The minimum absolute atomic E-state index is 0. The van der Waals surface area contributed by atoms with Crippen molar-refractivity contribution in [2.45, 2.75) is 13.0 Å². The van der Waals surface area contributed by atoms with Crippen LogP contribution in [0.1, 0.15) is 30.0 Å². The summed E-state index contributed by atoms with van der Waals surface area (Å²) in [6.07, 6.45) is 3.23. The Bertz CT molecular complexity index is 836. The molecule has 0 radical (unpaired) electrons. The van der Waals surface area contributed by atoms with E-state index in [9.17, 15) is 0 Å². The zero-order valence-electron chi connectivity index (χ0n) is 13.3. The van der Waals surface area contributed by atoms with E-state index in [2.05, 4.69) is 27.0 Å². The molecular weight excluding hydrogens is 326 g/mol. The molecule has 5 nitrogen and oxygen atoms in total. The van der Waals surface area contributed by atoms with Crippen molar-refractivity contribution < 1.29 is 9.26 Å². The highest BCUT2D eigenvalue weighted by Crippen LogP contribution is 2.20. The van der Waals surface area contributed by atoms with Crippen molar-refractivity contribution in [3.8, 4) is 23.2 Å². The number of rotatable bonds is 3. The molecule has 1 unspecified atom stereocenters. The van der Waals surface area contributed by atoms with Crippen LogP contribution in [0.15, 0.2) is 53.3 Å². The summed E-state index contributed by atoms with van der Waals surface area (Å²) in [6.45, 7) is 1.86. The van der Waals surface area contributed by atoms with E-state index in [0.717, 1.165) is 16.7 Å². The van der Waals surface area contributed by atoms with Gasteiger partial charge in [-0.05, 0) is 43.3 Å². The molecule has 2 aromatic heterocycles. The average molecular weight is 342 g/mol. The van der Waals surface area contributed by atoms with Gasteiger partial charge in [-0.3, -0.25) is 4.98 Å². The van der Waals surface area contributed by atoms with Crippen molar-refractivity contribution in [2.75, 3.05) is 7.11 Å². The highest BCUT2D eigenvalue weighted by Gasteiger charge is 2.14. The van der Waals surface area contributed by atoms with Gasteiger partial charge in [0, 0.05) is 36.2 Å². The lowest BCUT2D eigenvalue weighted by atomic mass is 10.1. The number of halogens is 1. The molecule has 0 N–H and O–H groups in total. The number of methoxy groups -OCH3 is 1. The molecule has 3 rings (SSSR count). The Morgan fingerprint density at radius 3 is 2.25 bits per heavy atom. The summed E-state index contributed by atoms with van der Waals surface area (Å²) in [4.78, 5) is 8.30. The van der Waals surface area contributed by atoms with Crippen LogP contribution < -0.4 is 0 Å². The van der Waals surface area contributed by atoms with E-state index in [1.165, 1.54) is 0 Å². The molecule has 1 aromatic carbocycles. The van der Waals surface area contributed by atoms with E-state index in [1.54, 1.807) is 19.5 Å². The van der Waals surface area contributed by atoms with Crippen LogP contribution in [-0.2, 0) is 4.74 Å². The monoisotopic (exact) mass is 341 g/mol. The summed E-state index contributed by atoms with van der Waals surface area (Å²) in [5, 5.41) is 3.97. The lowest BCUT2D eigenvalue weighted by Gasteiger charge is -2.00. The fraction of sp³-hybridized carbons (Fsp3) is 0.167. The smallest absolute Gasteiger partial charge is 0.255 e. The Labute approximate surface area is 146 Å². The first-order chi connectivity index (χ1) is 11.3. The van der Waals surface area contributed by atoms with Gasteiger partial charge >= 0.3 is 0 Å². The highest BCUT2D eigenvalue weighted by molar-refractivity contribution is 5.85. The maximum atomic E-state index is 5.19. The van der Waals surface area contributed by atoms with Crippen LogP contribution in [0.25, 0.3) is 11.4 Å². The third-order valence-corrected chi connectivity index (χ3v) is 3.32. The third kappa shape index (κ3) is 4.19. The van der Waals surface area contributed by atoms with E-state index < -0.39 is 0 Å². The van der Waals surface area contributed by atoms with E-state index in [1.807, 2.05) is 43.3 Å². The summed E-state index contributed by atoms with van der Waals surface area (Å²) in [6, 6.07) is 11.4. The molecular formula is C18H16ClN3O2. The quantitative estimate of drug-likeness (QED) is 0.680. The molecule has 24 heavy (non-hydrogen) atoms. The summed E-state index contributed by atoms with van der Waals surface area (Å²) < 4.78 is 10.3. The Morgan fingerprint density at radius 2 is 1.62 bits per heavy atom. The molecule has 122 valence electrons. The Morgan fingerprint density at radius 1 is 1.00 bits per heavy atom. The van der Waals surface area contributed by atoms with Crippen LogP contribution in [0, 0.1) is 11.8 Å². The SMILES string of the molecule is COC(C)c1nc(-c2ccc(C#Cc3ccncc3)cc2)no1.Cl. The number of hydrogen-bond donors (Lipinski definition) is 0. The summed E-state index contributed by atoms with van der Waals surface area (Å²) in [5.74, 6) is 7.20. The molecule has 0 aliphatic rings. The van der Waals surface area contributed by atoms with Crippen molar-refractivity contribution in [3.63, 3.8) is 0 Å². The second kappa shape index (κ2) is 8.25. The topological polar surface area (TPSA) is 61.0 Å². The van der Waals surface area contributed by atoms with E-state index in [4.69, 9.17) is 9.26 Å². The number of ether oxygens (including phenoxy) is 1. The van der Waals surface area contributed by atoms with Crippen molar-refractivity contribution in [2.24, 2.45) is 0 Å². The molecule has 0 saturated heterocycles. The van der Waals surface area contributed by atoms with Crippen molar-refractivity contribution in [1.29, 1.82) is 0 Å². The number of aromatic nitrogens is 3. The number of benzene rings is 1. The minimum atomic E-state index is -0.221. The standard InChI is InChI=1S/C18H15N3O2.ClH/c1-13(22-2)18-20-17(21-23-18)16-7-5-14(6-8-16)3-4-15-9-11-19-12-10-15;/h5-13H,1-2H3;1H. The van der Waals surface area contributed by atoms with Crippen LogP contribution in [-0.4, -0.2) is 22.2 Å². The van der Waals surface area contributed by atoms with Crippen molar-refractivity contribution in [1.82, 2.24) is 15.1 Å². The first-order valence-corrected chi connectivity index (χ1v) is 7.15. The Hall–Kier alpha value is -2.68. The molecule has 0 aliphatic heterocycles. The van der Waals surface area contributed by atoms with Gasteiger partial charge in [0.2, 0.25) is 5.82 Å². The average Bonchev–Trinajstić information content (AvgIpc) is 3.11. The van der Waals surface area contributed by atoms with Gasteiger partial charge in [-0.1, -0.05) is 17.0 Å². The Balaban J connectivity index is 0.00000208. The highest BCUT2D eigenvalue weighted by atomic mass is 35.5. The maximum Gasteiger partial charge on any atom is 0.255 e.